The topological polar surface area (TPSA) is 18.5 Å². The van der Waals surface area contributed by atoms with Gasteiger partial charge in [0.15, 0.2) is 6.29 Å². The summed E-state index contributed by atoms with van der Waals surface area (Å²) < 4.78 is 11.6. The highest BCUT2D eigenvalue weighted by Crippen LogP contribution is 2.10. The zero-order chi connectivity index (χ0) is 14.9. The van der Waals surface area contributed by atoms with Crippen LogP contribution in [0.3, 0.4) is 0 Å². The molecule has 122 valence electrons. The largest absolute Gasteiger partial charge is 0.353 e. The lowest BCUT2D eigenvalue weighted by atomic mass is 10.1. The molecular weight excluding hydrogens is 248 g/mol. The van der Waals surface area contributed by atoms with E-state index in [0.717, 1.165) is 32.5 Å². The Balaban J connectivity index is 3.34. The van der Waals surface area contributed by atoms with Gasteiger partial charge in [0.1, 0.15) is 0 Å². The zero-order valence-corrected chi connectivity index (χ0v) is 14.3. The number of hydrogen-bond donors (Lipinski definition) is 0. The molecule has 2 heteroatoms. The summed E-state index contributed by atoms with van der Waals surface area (Å²) in [5.41, 5.74) is 0. The van der Waals surface area contributed by atoms with E-state index in [0.29, 0.717) is 0 Å². The first-order chi connectivity index (χ1) is 9.85. The molecule has 0 saturated carbocycles. The Morgan fingerprint density at radius 1 is 0.550 bits per heavy atom. The summed E-state index contributed by atoms with van der Waals surface area (Å²) >= 11 is 0. The van der Waals surface area contributed by atoms with Crippen molar-refractivity contribution >= 4 is 0 Å². The van der Waals surface area contributed by atoms with E-state index in [9.17, 15) is 0 Å². The van der Waals surface area contributed by atoms with Crippen LogP contribution in [-0.4, -0.2) is 19.5 Å². The Bertz CT molecular complexity index is 171. The molecule has 0 fully saturated rings. The van der Waals surface area contributed by atoms with Gasteiger partial charge in [-0.1, -0.05) is 78.6 Å². The summed E-state index contributed by atoms with van der Waals surface area (Å²) in [6.45, 7) is 8.37. The van der Waals surface area contributed by atoms with Gasteiger partial charge in [-0.3, -0.25) is 0 Å². The van der Waals surface area contributed by atoms with Gasteiger partial charge >= 0.3 is 0 Å². The molecule has 0 aliphatic heterocycles. The van der Waals surface area contributed by atoms with Gasteiger partial charge < -0.3 is 9.47 Å². The van der Waals surface area contributed by atoms with Crippen LogP contribution in [0.25, 0.3) is 0 Å². The molecule has 0 saturated heterocycles. The standard InChI is InChI=1S/C18H38O2/c1-4-7-9-10-11-12-13-14-17-20-18(15-6-3)19-16-8-5-2/h18H,4-17H2,1-3H3. The van der Waals surface area contributed by atoms with Gasteiger partial charge in [0.05, 0.1) is 0 Å². The molecule has 0 heterocycles. The van der Waals surface area contributed by atoms with E-state index in [1.807, 2.05) is 0 Å². The Morgan fingerprint density at radius 2 is 1.05 bits per heavy atom. The van der Waals surface area contributed by atoms with Gasteiger partial charge in [-0.15, -0.1) is 0 Å². The summed E-state index contributed by atoms with van der Waals surface area (Å²) in [5, 5.41) is 0. The quantitative estimate of drug-likeness (QED) is 0.252. The van der Waals surface area contributed by atoms with E-state index in [1.165, 1.54) is 57.8 Å². The van der Waals surface area contributed by atoms with Crippen molar-refractivity contribution < 1.29 is 9.47 Å². The third-order valence-corrected chi connectivity index (χ3v) is 3.63. The second-order valence-corrected chi connectivity index (χ2v) is 5.79. The molecule has 0 rings (SSSR count). The Kier molecular flexibility index (Phi) is 16.9. The van der Waals surface area contributed by atoms with E-state index in [2.05, 4.69) is 20.8 Å². The van der Waals surface area contributed by atoms with Crippen molar-refractivity contribution in [2.45, 2.75) is 104 Å². The van der Waals surface area contributed by atoms with Crippen LogP contribution in [0.1, 0.15) is 97.8 Å². The molecular formula is C18H38O2. The van der Waals surface area contributed by atoms with Crippen LogP contribution in [-0.2, 0) is 9.47 Å². The molecule has 20 heavy (non-hydrogen) atoms. The number of ether oxygens (including phenoxy) is 2. The molecule has 1 atom stereocenters. The maximum Gasteiger partial charge on any atom is 0.157 e. The van der Waals surface area contributed by atoms with Crippen molar-refractivity contribution in [3.63, 3.8) is 0 Å². The van der Waals surface area contributed by atoms with Gasteiger partial charge in [-0.05, 0) is 19.3 Å². The van der Waals surface area contributed by atoms with E-state index in [1.54, 1.807) is 0 Å². The summed E-state index contributed by atoms with van der Waals surface area (Å²) in [5.74, 6) is 0. The minimum atomic E-state index is 0.0381. The summed E-state index contributed by atoms with van der Waals surface area (Å²) in [6, 6.07) is 0. The van der Waals surface area contributed by atoms with E-state index in [4.69, 9.17) is 9.47 Å². The van der Waals surface area contributed by atoms with Crippen molar-refractivity contribution in [3.8, 4) is 0 Å². The fraction of sp³-hybridized carbons (Fsp3) is 1.00. The average molecular weight is 286 g/mol. The number of rotatable bonds is 16. The molecule has 0 amide bonds. The van der Waals surface area contributed by atoms with Crippen LogP contribution in [0.2, 0.25) is 0 Å². The van der Waals surface area contributed by atoms with Crippen molar-refractivity contribution in [3.05, 3.63) is 0 Å². The predicted molar refractivity (Wildman–Crippen MR) is 88.1 cm³/mol. The first-order valence-electron chi connectivity index (χ1n) is 9.08. The molecule has 0 aromatic rings. The molecule has 0 spiro atoms. The van der Waals surface area contributed by atoms with Crippen molar-refractivity contribution in [1.82, 2.24) is 0 Å². The monoisotopic (exact) mass is 286 g/mol. The van der Waals surface area contributed by atoms with E-state index in [-0.39, 0.29) is 6.29 Å². The van der Waals surface area contributed by atoms with Gasteiger partial charge in [-0.25, -0.2) is 0 Å². The fourth-order valence-corrected chi connectivity index (χ4v) is 2.26. The fourth-order valence-electron chi connectivity index (χ4n) is 2.26. The van der Waals surface area contributed by atoms with E-state index < -0.39 is 0 Å². The smallest absolute Gasteiger partial charge is 0.157 e. The summed E-state index contributed by atoms with van der Waals surface area (Å²) in [6.07, 6.45) is 15.3. The third-order valence-electron chi connectivity index (χ3n) is 3.63. The van der Waals surface area contributed by atoms with E-state index >= 15 is 0 Å². The van der Waals surface area contributed by atoms with Crippen molar-refractivity contribution in [1.29, 1.82) is 0 Å². The molecule has 0 N–H and O–H groups in total. The first kappa shape index (κ1) is 19.9. The van der Waals surface area contributed by atoms with Crippen LogP contribution in [0, 0.1) is 0 Å². The molecule has 0 aliphatic carbocycles. The molecule has 0 bridgehead atoms. The normalized spacial score (nSPS) is 12.8. The minimum absolute atomic E-state index is 0.0381. The highest BCUT2D eigenvalue weighted by Gasteiger charge is 2.07. The predicted octanol–water partition coefficient (Wildman–Crippen LogP) is 6.09. The van der Waals surface area contributed by atoms with Gasteiger partial charge in [0.25, 0.3) is 0 Å². The highest BCUT2D eigenvalue weighted by atomic mass is 16.7. The Labute approximate surface area is 127 Å². The minimum Gasteiger partial charge on any atom is -0.353 e. The van der Waals surface area contributed by atoms with Gasteiger partial charge in [-0.2, -0.15) is 0 Å². The molecule has 0 aliphatic rings. The second kappa shape index (κ2) is 17.0. The van der Waals surface area contributed by atoms with Crippen molar-refractivity contribution in [2.24, 2.45) is 0 Å². The van der Waals surface area contributed by atoms with Gasteiger partial charge in [0, 0.05) is 13.2 Å². The summed E-state index contributed by atoms with van der Waals surface area (Å²) in [4.78, 5) is 0. The van der Waals surface area contributed by atoms with Crippen molar-refractivity contribution in [2.75, 3.05) is 13.2 Å². The highest BCUT2D eigenvalue weighted by molar-refractivity contribution is 4.48. The second-order valence-electron chi connectivity index (χ2n) is 5.79. The molecule has 0 aromatic carbocycles. The van der Waals surface area contributed by atoms with Crippen LogP contribution in [0.15, 0.2) is 0 Å². The molecule has 2 nitrogen and oxygen atoms in total. The molecule has 0 aromatic heterocycles. The maximum absolute atomic E-state index is 5.85. The molecule has 0 radical (unpaired) electrons. The lowest BCUT2D eigenvalue weighted by Gasteiger charge is -2.17. The van der Waals surface area contributed by atoms with Gasteiger partial charge in [0.2, 0.25) is 0 Å². The van der Waals surface area contributed by atoms with Crippen LogP contribution >= 0.6 is 0 Å². The van der Waals surface area contributed by atoms with Crippen LogP contribution < -0.4 is 0 Å². The Hall–Kier alpha value is -0.0800. The first-order valence-corrected chi connectivity index (χ1v) is 9.08. The lowest BCUT2D eigenvalue weighted by molar-refractivity contribution is -0.147. The maximum atomic E-state index is 5.85. The Morgan fingerprint density at radius 3 is 1.60 bits per heavy atom. The van der Waals surface area contributed by atoms with Crippen LogP contribution in [0.5, 0.6) is 0 Å². The zero-order valence-electron chi connectivity index (χ0n) is 14.3. The lowest BCUT2D eigenvalue weighted by Crippen LogP contribution is -2.18. The third kappa shape index (κ3) is 14.3. The van der Waals surface area contributed by atoms with Crippen LogP contribution in [0.4, 0.5) is 0 Å². The average Bonchev–Trinajstić information content (AvgIpc) is 2.45. The number of unbranched alkanes of at least 4 members (excludes halogenated alkanes) is 8. The SMILES string of the molecule is CCCCCCCCCCOC(CCC)OCCCC. The number of hydrogen-bond acceptors (Lipinski definition) is 2. The molecule has 1 unspecified atom stereocenters. The summed E-state index contributed by atoms with van der Waals surface area (Å²) in [7, 11) is 0.